The van der Waals surface area contributed by atoms with Gasteiger partial charge in [-0.3, -0.25) is 0 Å². The highest BCUT2D eigenvalue weighted by atomic mass is 32.1. The fourth-order valence-corrected chi connectivity index (χ4v) is 2.50. The van der Waals surface area contributed by atoms with Crippen LogP contribution in [-0.2, 0) is 0 Å². The van der Waals surface area contributed by atoms with Gasteiger partial charge in [0.1, 0.15) is 0 Å². The predicted octanol–water partition coefficient (Wildman–Crippen LogP) is 2.43. The zero-order valence-electron chi connectivity index (χ0n) is 9.95. The average Bonchev–Trinajstić information content (AvgIpc) is 2.91. The van der Waals surface area contributed by atoms with Crippen LogP contribution in [0.25, 0.3) is 21.8 Å². The van der Waals surface area contributed by atoms with Gasteiger partial charge < -0.3 is 11.5 Å². The molecular formula is C13H11N5S. The molecule has 3 aromatic rings. The number of hydrogen-bond acceptors (Lipinski definition) is 6. The predicted molar refractivity (Wildman–Crippen MR) is 77.4 cm³/mol. The van der Waals surface area contributed by atoms with Gasteiger partial charge in [0.15, 0.2) is 5.82 Å². The largest absolute Gasteiger partial charge is 0.368 e. The lowest BCUT2D eigenvalue weighted by Crippen LogP contribution is -2.04. The summed E-state index contributed by atoms with van der Waals surface area (Å²) in [6, 6.07) is 12.1. The van der Waals surface area contributed by atoms with Crippen LogP contribution in [-0.4, -0.2) is 15.0 Å². The molecule has 0 radical (unpaired) electrons. The van der Waals surface area contributed by atoms with E-state index < -0.39 is 0 Å². The van der Waals surface area contributed by atoms with Crippen molar-refractivity contribution < 1.29 is 0 Å². The van der Waals surface area contributed by atoms with E-state index in [0.717, 1.165) is 11.1 Å². The molecule has 3 rings (SSSR count). The molecule has 94 valence electrons. The summed E-state index contributed by atoms with van der Waals surface area (Å²) in [6.07, 6.45) is 0. The number of hydrogen-bond donors (Lipinski definition) is 2. The van der Waals surface area contributed by atoms with E-state index in [1.54, 1.807) is 11.3 Å². The molecule has 1 aromatic carbocycles. The Hall–Kier alpha value is -2.47. The molecule has 6 heteroatoms. The van der Waals surface area contributed by atoms with Crippen LogP contribution in [0.1, 0.15) is 0 Å². The summed E-state index contributed by atoms with van der Waals surface area (Å²) in [5, 5.41) is 2.05. The number of thiophene rings is 1. The summed E-state index contributed by atoms with van der Waals surface area (Å²) in [6.45, 7) is 0. The highest BCUT2D eigenvalue weighted by molar-refractivity contribution is 7.13. The second-order valence-corrected chi connectivity index (χ2v) is 4.88. The molecule has 0 saturated carbocycles. The van der Waals surface area contributed by atoms with Crippen molar-refractivity contribution in [1.29, 1.82) is 0 Å². The molecule has 4 N–H and O–H groups in total. The lowest BCUT2D eigenvalue weighted by atomic mass is 10.1. The summed E-state index contributed by atoms with van der Waals surface area (Å²) >= 11 is 1.70. The molecule has 0 unspecified atom stereocenters. The molecule has 5 nitrogen and oxygen atoms in total. The number of nitrogens with zero attached hydrogens (tertiary/aromatic N) is 3. The van der Waals surface area contributed by atoms with Crippen molar-refractivity contribution in [3.8, 4) is 21.8 Å². The number of benzene rings is 1. The quantitative estimate of drug-likeness (QED) is 0.745. The minimum atomic E-state index is 0.129. The fourth-order valence-electron chi connectivity index (χ4n) is 1.76. The molecule has 0 spiro atoms. The van der Waals surface area contributed by atoms with E-state index in [1.165, 1.54) is 4.88 Å². The van der Waals surface area contributed by atoms with Crippen molar-refractivity contribution in [2.45, 2.75) is 0 Å². The summed E-state index contributed by atoms with van der Waals surface area (Å²) in [5.41, 5.74) is 13.1. The van der Waals surface area contributed by atoms with Gasteiger partial charge in [-0.2, -0.15) is 15.0 Å². The van der Waals surface area contributed by atoms with E-state index in [9.17, 15) is 0 Å². The van der Waals surface area contributed by atoms with E-state index in [-0.39, 0.29) is 11.9 Å². The summed E-state index contributed by atoms with van der Waals surface area (Å²) < 4.78 is 0. The molecule has 0 aliphatic heterocycles. The Morgan fingerprint density at radius 3 is 2.00 bits per heavy atom. The van der Waals surface area contributed by atoms with Gasteiger partial charge in [-0.05, 0) is 17.0 Å². The monoisotopic (exact) mass is 269 g/mol. The van der Waals surface area contributed by atoms with Crippen molar-refractivity contribution in [2.24, 2.45) is 0 Å². The Bertz CT molecular complexity index is 671. The van der Waals surface area contributed by atoms with Crippen molar-refractivity contribution in [2.75, 3.05) is 11.5 Å². The Kier molecular flexibility index (Phi) is 2.85. The lowest BCUT2D eigenvalue weighted by Gasteiger charge is -2.03. The average molecular weight is 269 g/mol. The molecule has 0 bridgehead atoms. The van der Waals surface area contributed by atoms with Crippen LogP contribution in [0.4, 0.5) is 11.9 Å². The van der Waals surface area contributed by atoms with Gasteiger partial charge in [-0.25, -0.2) is 0 Å². The van der Waals surface area contributed by atoms with Gasteiger partial charge >= 0.3 is 0 Å². The highest BCUT2D eigenvalue weighted by Gasteiger charge is 2.05. The van der Waals surface area contributed by atoms with Gasteiger partial charge in [0.2, 0.25) is 11.9 Å². The van der Waals surface area contributed by atoms with E-state index in [0.29, 0.717) is 5.82 Å². The molecule has 0 saturated heterocycles. The van der Waals surface area contributed by atoms with Crippen LogP contribution in [0.15, 0.2) is 41.8 Å². The number of nitrogen functional groups attached to an aromatic ring is 2. The van der Waals surface area contributed by atoms with Crippen molar-refractivity contribution in [3.63, 3.8) is 0 Å². The third kappa shape index (κ3) is 2.38. The number of aromatic nitrogens is 3. The standard InChI is InChI=1S/C13H11N5S/c14-12-16-11(17-13(15)18-12)9-5-3-8(4-6-9)10-2-1-7-19-10/h1-7H,(H4,14,15,16,17,18). The van der Waals surface area contributed by atoms with Crippen molar-refractivity contribution >= 4 is 23.2 Å². The van der Waals surface area contributed by atoms with Crippen LogP contribution >= 0.6 is 11.3 Å². The first kappa shape index (κ1) is 11.6. The topological polar surface area (TPSA) is 90.7 Å². The smallest absolute Gasteiger partial charge is 0.225 e. The molecule has 19 heavy (non-hydrogen) atoms. The molecule has 0 aliphatic carbocycles. The van der Waals surface area contributed by atoms with Gasteiger partial charge in [0.05, 0.1) is 0 Å². The maximum Gasteiger partial charge on any atom is 0.225 e. The first-order valence-corrected chi connectivity index (χ1v) is 6.52. The van der Waals surface area contributed by atoms with Gasteiger partial charge in [0.25, 0.3) is 0 Å². The maximum atomic E-state index is 5.56. The van der Waals surface area contributed by atoms with E-state index in [4.69, 9.17) is 11.5 Å². The molecule has 0 amide bonds. The van der Waals surface area contributed by atoms with Crippen LogP contribution < -0.4 is 11.5 Å². The maximum absolute atomic E-state index is 5.56. The van der Waals surface area contributed by atoms with Crippen LogP contribution in [0.3, 0.4) is 0 Å². The third-order valence-electron chi connectivity index (χ3n) is 2.62. The second kappa shape index (κ2) is 4.66. The number of anilines is 2. The van der Waals surface area contributed by atoms with Crippen LogP contribution in [0.5, 0.6) is 0 Å². The molecule has 0 aliphatic rings. The lowest BCUT2D eigenvalue weighted by molar-refractivity contribution is 1.09. The Labute approximate surface area is 114 Å². The Morgan fingerprint density at radius 1 is 0.789 bits per heavy atom. The zero-order chi connectivity index (χ0) is 13.2. The molecule has 2 aromatic heterocycles. The minimum absolute atomic E-state index is 0.129. The van der Waals surface area contributed by atoms with E-state index in [1.807, 2.05) is 30.3 Å². The zero-order valence-corrected chi connectivity index (χ0v) is 10.8. The van der Waals surface area contributed by atoms with E-state index >= 15 is 0 Å². The first-order chi connectivity index (χ1) is 9.22. The highest BCUT2D eigenvalue weighted by Crippen LogP contribution is 2.26. The third-order valence-corrected chi connectivity index (χ3v) is 3.54. The second-order valence-electron chi connectivity index (χ2n) is 3.93. The van der Waals surface area contributed by atoms with E-state index in [2.05, 4.69) is 26.4 Å². The first-order valence-electron chi connectivity index (χ1n) is 5.64. The number of nitrogens with two attached hydrogens (primary N) is 2. The minimum Gasteiger partial charge on any atom is -0.368 e. The number of rotatable bonds is 2. The fraction of sp³-hybridized carbons (Fsp3) is 0. The van der Waals surface area contributed by atoms with Crippen LogP contribution in [0, 0.1) is 0 Å². The Balaban J connectivity index is 1.98. The summed E-state index contributed by atoms with van der Waals surface area (Å²) in [4.78, 5) is 13.1. The van der Waals surface area contributed by atoms with Crippen LogP contribution in [0.2, 0.25) is 0 Å². The summed E-state index contributed by atoms with van der Waals surface area (Å²) in [7, 11) is 0. The molecular weight excluding hydrogens is 258 g/mol. The molecule has 0 fully saturated rings. The van der Waals surface area contributed by atoms with Gasteiger partial charge in [-0.1, -0.05) is 30.3 Å². The molecule has 2 heterocycles. The summed E-state index contributed by atoms with van der Waals surface area (Å²) in [5.74, 6) is 0.748. The van der Waals surface area contributed by atoms with Crippen molar-refractivity contribution in [1.82, 2.24) is 15.0 Å². The SMILES string of the molecule is Nc1nc(N)nc(-c2ccc(-c3cccs3)cc2)n1. The van der Waals surface area contributed by atoms with Gasteiger partial charge in [0, 0.05) is 10.4 Å². The normalized spacial score (nSPS) is 10.5. The van der Waals surface area contributed by atoms with Gasteiger partial charge in [-0.15, -0.1) is 11.3 Å². The van der Waals surface area contributed by atoms with Crippen molar-refractivity contribution in [3.05, 3.63) is 41.8 Å². The Morgan fingerprint density at radius 2 is 1.42 bits per heavy atom. The molecule has 0 atom stereocenters.